The molecule has 9 nitrogen and oxygen atoms in total. The Balaban J connectivity index is 1.37. The molecule has 2 N–H and O–H groups in total. The highest BCUT2D eigenvalue weighted by atomic mass is 16.5. The van der Waals surface area contributed by atoms with Gasteiger partial charge in [0.1, 0.15) is 11.6 Å². The summed E-state index contributed by atoms with van der Waals surface area (Å²) >= 11 is 0. The summed E-state index contributed by atoms with van der Waals surface area (Å²) in [6, 6.07) is 21.1. The molecule has 0 bridgehead atoms. The Morgan fingerprint density at radius 2 is 1.76 bits per heavy atom. The van der Waals surface area contributed by atoms with Gasteiger partial charge in [-0.1, -0.05) is 73.6 Å². The van der Waals surface area contributed by atoms with E-state index in [1.807, 2.05) is 68.4 Å². The van der Waals surface area contributed by atoms with Crippen LogP contribution in [0.15, 0.2) is 76.0 Å². The van der Waals surface area contributed by atoms with E-state index in [1.165, 1.54) is 0 Å². The molecule has 9 heteroatoms. The van der Waals surface area contributed by atoms with Gasteiger partial charge in [-0.15, -0.1) is 0 Å². The van der Waals surface area contributed by atoms with Crippen molar-refractivity contribution in [2.24, 2.45) is 0 Å². The first-order valence-electron chi connectivity index (χ1n) is 12.2. The minimum atomic E-state index is -0.608. The molecule has 0 fully saturated rings. The summed E-state index contributed by atoms with van der Waals surface area (Å²) in [5.41, 5.74) is 5.03. The van der Waals surface area contributed by atoms with Crippen LogP contribution in [0.3, 0.4) is 0 Å². The van der Waals surface area contributed by atoms with Crippen molar-refractivity contribution in [3.05, 3.63) is 88.4 Å². The summed E-state index contributed by atoms with van der Waals surface area (Å²) in [7, 11) is 0. The number of hydrogen-bond acceptors (Lipinski definition) is 7. The number of H-pyrrole nitrogens is 2. The van der Waals surface area contributed by atoms with Crippen LogP contribution < -0.4 is 10.5 Å². The lowest BCUT2D eigenvalue weighted by molar-refractivity contribution is 0.0290. The van der Waals surface area contributed by atoms with Gasteiger partial charge < -0.3 is 14.5 Å². The molecule has 0 saturated carbocycles. The lowest BCUT2D eigenvalue weighted by Gasteiger charge is -2.17. The van der Waals surface area contributed by atoms with E-state index >= 15 is 0 Å². The highest BCUT2D eigenvalue weighted by Crippen LogP contribution is 2.32. The summed E-state index contributed by atoms with van der Waals surface area (Å²) < 4.78 is 16.2. The Hall–Kier alpha value is -4.66. The third kappa shape index (κ3) is 5.02. The zero-order chi connectivity index (χ0) is 25.8. The first kappa shape index (κ1) is 24.1. The summed E-state index contributed by atoms with van der Waals surface area (Å²) in [5.74, 6) is -0.695. The van der Waals surface area contributed by atoms with Crippen molar-refractivity contribution >= 4 is 17.0 Å². The van der Waals surface area contributed by atoms with Crippen LogP contribution in [-0.4, -0.2) is 32.7 Å². The van der Waals surface area contributed by atoms with Crippen molar-refractivity contribution in [1.82, 2.24) is 20.1 Å². The molecule has 5 aromatic rings. The van der Waals surface area contributed by atoms with Crippen molar-refractivity contribution in [2.45, 2.75) is 32.8 Å². The normalized spacial score (nSPS) is 11.9. The predicted molar refractivity (Wildman–Crippen MR) is 138 cm³/mol. The van der Waals surface area contributed by atoms with Gasteiger partial charge in [0.15, 0.2) is 5.82 Å². The van der Waals surface area contributed by atoms with Gasteiger partial charge in [0.2, 0.25) is 0 Å². The number of rotatable bonds is 9. The van der Waals surface area contributed by atoms with Crippen LogP contribution >= 0.6 is 0 Å². The molecule has 0 aliphatic carbocycles. The number of carbonyl (C=O) groups excluding carboxylic acids is 1. The van der Waals surface area contributed by atoms with Gasteiger partial charge in [-0.2, -0.15) is 4.98 Å². The molecular formula is C28H26N4O5. The number of imidazole rings is 1. The average Bonchev–Trinajstić information content (AvgIpc) is 3.56. The SMILES string of the molecule is CCCOc1nc2c(C(=O)OC(CC)c3ccc(-c4ccccc4-c4noc(=O)[nH]4)cc3)cccc2[nH]1. The summed E-state index contributed by atoms with van der Waals surface area (Å²) in [5, 5.41) is 3.81. The Bertz CT molecular complexity index is 1580. The van der Waals surface area contributed by atoms with E-state index in [9.17, 15) is 9.59 Å². The van der Waals surface area contributed by atoms with Crippen LogP contribution in [0.25, 0.3) is 33.5 Å². The second-order valence-electron chi connectivity index (χ2n) is 8.51. The van der Waals surface area contributed by atoms with Crippen LogP contribution in [0.5, 0.6) is 6.01 Å². The van der Waals surface area contributed by atoms with Crippen LogP contribution in [0.4, 0.5) is 0 Å². The molecule has 2 heterocycles. The number of nitrogens with zero attached hydrogens (tertiary/aromatic N) is 2. The molecule has 0 radical (unpaired) electrons. The highest BCUT2D eigenvalue weighted by molar-refractivity contribution is 6.02. The fraction of sp³-hybridized carbons (Fsp3) is 0.214. The maximum atomic E-state index is 13.2. The monoisotopic (exact) mass is 498 g/mol. The number of esters is 1. The number of aromatic amines is 2. The van der Waals surface area contributed by atoms with Crippen LogP contribution in [0.2, 0.25) is 0 Å². The number of para-hydroxylation sites is 1. The lowest BCUT2D eigenvalue weighted by atomic mass is 9.97. The van der Waals surface area contributed by atoms with Crippen LogP contribution in [0, 0.1) is 0 Å². The average molecular weight is 499 g/mol. The molecule has 1 atom stereocenters. The predicted octanol–water partition coefficient (Wildman–Crippen LogP) is 5.67. The number of hydrogen-bond donors (Lipinski definition) is 2. The maximum absolute atomic E-state index is 13.2. The van der Waals surface area contributed by atoms with Crippen molar-refractivity contribution in [1.29, 1.82) is 0 Å². The Morgan fingerprint density at radius 1 is 0.973 bits per heavy atom. The van der Waals surface area contributed by atoms with Crippen molar-refractivity contribution in [2.75, 3.05) is 6.61 Å². The van der Waals surface area contributed by atoms with E-state index in [4.69, 9.17) is 9.47 Å². The van der Waals surface area contributed by atoms with E-state index in [1.54, 1.807) is 12.1 Å². The quantitative estimate of drug-likeness (QED) is 0.251. The molecule has 188 valence electrons. The van der Waals surface area contributed by atoms with E-state index in [2.05, 4.69) is 24.6 Å². The smallest absolute Gasteiger partial charge is 0.439 e. The number of benzene rings is 3. The molecule has 0 spiro atoms. The lowest BCUT2D eigenvalue weighted by Crippen LogP contribution is -2.11. The third-order valence-electron chi connectivity index (χ3n) is 5.99. The Kier molecular flexibility index (Phi) is 6.85. The van der Waals surface area contributed by atoms with Crippen LogP contribution in [0.1, 0.15) is 48.7 Å². The minimum Gasteiger partial charge on any atom is -0.465 e. The topological polar surface area (TPSA) is 123 Å². The largest absolute Gasteiger partial charge is 0.465 e. The van der Waals surface area contributed by atoms with Gasteiger partial charge in [-0.25, -0.2) is 9.59 Å². The fourth-order valence-corrected chi connectivity index (χ4v) is 4.19. The Labute approximate surface area is 212 Å². The van der Waals surface area contributed by atoms with Crippen LogP contribution in [-0.2, 0) is 4.74 Å². The van der Waals surface area contributed by atoms with E-state index in [0.717, 1.165) is 28.7 Å². The first-order chi connectivity index (χ1) is 18.1. The summed E-state index contributed by atoms with van der Waals surface area (Å²) in [6.07, 6.45) is 1.02. The number of fused-ring (bicyclic) bond motifs is 1. The van der Waals surface area contributed by atoms with Gasteiger partial charge in [0.05, 0.1) is 17.7 Å². The van der Waals surface area contributed by atoms with Gasteiger partial charge in [0.25, 0.3) is 6.01 Å². The fourth-order valence-electron chi connectivity index (χ4n) is 4.19. The van der Waals surface area contributed by atoms with Crippen molar-refractivity contribution in [3.63, 3.8) is 0 Å². The molecule has 37 heavy (non-hydrogen) atoms. The standard InChI is InChI=1S/C28H26N4O5/c1-3-16-35-27-29-22-11-7-10-21(24(22)30-27)26(33)36-23(4-2)18-14-12-17(13-15-18)19-8-5-6-9-20(19)25-31-28(34)37-32-25/h5-15,23H,3-4,16H2,1-2H3,(H,29,30)(H,31,32,34). The Morgan fingerprint density at radius 3 is 2.46 bits per heavy atom. The molecule has 3 aromatic carbocycles. The zero-order valence-corrected chi connectivity index (χ0v) is 20.5. The number of carbonyl (C=O) groups is 1. The highest BCUT2D eigenvalue weighted by Gasteiger charge is 2.21. The third-order valence-corrected chi connectivity index (χ3v) is 5.99. The number of nitrogens with one attached hydrogen (secondary N) is 2. The van der Waals surface area contributed by atoms with Gasteiger partial charge in [-0.3, -0.25) is 9.51 Å². The first-order valence-corrected chi connectivity index (χ1v) is 12.2. The molecule has 0 aliphatic rings. The molecule has 5 rings (SSSR count). The van der Waals surface area contributed by atoms with Crippen molar-refractivity contribution < 1.29 is 18.8 Å². The van der Waals surface area contributed by atoms with Gasteiger partial charge >= 0.3 is 11.7 Å². The van der Waals surface area contributed by atoms with Gasteiger partial charge in [-0.05, 0) is 41.7 Å². The van der Waals surface area contributed by atoms with Gasteiger partial charge in [0, 0.05) is 5.56 Å². The molecule has 0 aliphatic heterocycles. The second-order valence-corrected chi connectivity index (χ2v) is 8.51. The number of aromatic nitrogens is 4. The summed E-state index contributed by atoms with van der Waals surface area (Å²) in [6.45, 7) is 4.52. The molecule has 1 unspecified atom stereocenters. The minimum absolute atomic E-state index is 0.362. The van der Waals surface area contributed by atoms with Crippen molar-refractivity contribution in [3.8, 4) is 28.5 Å². The molecule has 0 amide bonds. The molecular weight excluding hydrogens is 472 g/mol. The van der Waals surface area contributed by atoms with E-state index < -0.39 is 17.8 Å². The van der Waals surface area contributed by atoms with E-state index in [-0.39, 0.29) is 0 Å². The molecule has 2 aromatic heterocycles. The number of ether oxygens (including phenoxy) is 2. The second kappa shape index (κ2) is 10.5. The summed E-state index contributed by atoms with van der Waals surface area (Å²) in [4.78, 5) is 34.7. The maximum Gasteiger partial charge on any atom is 0.439 e. The molecule has 0 saturated heterocycles. The van der Waals surface area contributed by atoms with E-state index in [0.29, 0.717) is 41.5 Å². The zero-order valence-electron chi connectivity index (χ0n) is 20.5.